The van der Waals surface area contributed by atoms with Crippen LogP contribution in [0.1, 0.15) is 0 Å². The van der Waals surface area contributed by atoms with Crippen molar-refractivity contribution in [2.24, 2.45) is 0 Å². The van der Waals surface area contributed by atoms with E-state index in [-0.39, 0.29) is 0 Å². The predicted molar refractivity (Wildman–Crippen MR) is 92.0 cm³/mol. The van der Waals surface area contributed by atoms with Gasteiger partial charge in [0.1, 0.15) is 5.52 Å². The topological polar surface area (TPSA) is 33.7 Å². The molecule has 0 aliphatic carbocycles. The molecule has 11 heteroatoms. The van der Waals surface area contributed by atoms with Crippen LogP contribution in [0.4, 0.5) is 0 Å². The Kier molecular flexibility index (Phi) is 5.49. The molecule has 0 saturated heterocycles. The zero-order chi connectivity index (χ0) is 15.7. The molecule has 114 valence electrons. The van der Waals surface area contributed by atoms with Crippen molar-refractivity contribution in [2.45, 2.75) is 0 Å². The fourth-order valence-corrected chi connectivity index (χ4v) is 1.19. The van der Waals surface area contributed by atoms with Crippen LogP contribution in [0.3, 0.4) is 0 Å². The molecule has 0 amide bonds. The molecule has 0 bridgehead atoms. The summed E-state index contributed by atoms with van der Waals surface area (Å²) >= 11 is 0. The molecule has 0 saturated carbocycles. The van der Waals surface area contributed by atoms with Crippen LogP contribution in [0.25, 0.3) is 11.0 Å². The van der Waals surface area contributed by atoms with E-state index in [4.69, 9.17) is 53.0 Å². The molecule has 20 heavy (non-hydrogen) atoms. The predicted octanol–water partition coefficient (Wildman–Crippen LogP) is 4.34. The van der Waals surface area contributed by atoms with Gasteiger partial charge in [-0.05, 0) is 12.1 Å². The quantitative estimate of drug-likeness (QED) is 0.248. The molecule has 1 heterocycles. The second-order valence-electron chi connectivity index (χ2n) is 4.06. The van der Waals surface area contributed by atoms with Crippen LogP contribution < -0.4 is 0 Å². The maximum absolute atomic E-state index is 5.42. The van der Waals surface area contributed by atoms with Crippen LogP contribution in [-0.2, 0) is 0 Å². The van der Waals surface area contributed by atoms with E-state index >= 15 is 0 Å². The second-order valence-corrected chi connectivity index (χ2v) is 61.0. The van der Waals surface area contributed by atoms with E-state index in [9.17, 15) is 0 Å². The van der Waals surface area contributed by atoms with Gasteiger partial charge in [0.05, 0.1) is 14.1 Å². The van der Waals surface area contributed by atoms with E-state index in [1.807, 2.05) is 49.3 Å². The summed E-state index contributed by atoms with van der Waals surface area (Å²) in [6, 6.07) is 7.88. The van der Waals surface area contributed by atoms with Gasteiger partial charge >= 0.3 is 62.1 Å². The fraction of sp³-hybridized carbons (Fsp3) is 0.222. The first-order valence-electron chi connectivity index (χ1n) is 5.10. The molecule has 2 aromatic rings. The van der Waals surface area contributed by atoms with Gasteiger partial charge in [-0.15, -0.1) is 5.10 Å². The molecular formula is C9H11Cl6N4Sb. The first kappa shape index (κ1) is 18.9. The van der Waals surface area contributed by atoms with Crippen molar-refractivity contribution >= 4 is 79.5 Å². The minimum atomic E-state index is -5.42. The molecule has 0 N–H and O–H groups in total. The van der Waals surface area contributed by atoms with Gasteiger partial charge in [-0.1, -0.05) is 16.8 Å². The summed E-state index contributed by atoms with van der Waals surface area (Å²) in [6.07, 6.45) is 1.88. The van der Waals surface area contributed by atoms with Crippen LogP contribution in [-0.4, -0.2) is 49.1 Å². The van der Waals surface area contributed by atoms with Crippen LogP contribution in [0.15, 0.2) is 24.3 Å². The molecule has 1 aromatic heterocycles. The summed E-state index contributed by atoms with van der Waals surface area (Å²) in [5.74, 6) is 0. The number of halogens is 6. The first-order valence-corrected chi connectivity index (χ1v) is 24.5. The van der Waals surface area contributed by atoms with Crippen molar-refractivity contribution in [3.63, 3.8) is 0 Å². The van der Waals surface area contributed by atoms with Crippen molar-refractivity contribution in [1.82, 2.24) is 15.0 Å². The number of hydrogen-bond donors (Lipinski definition) is 0. The number of rotatable bonds is 1. The van der Waals surface area contributed by atoms with Gasteiger partial charge in [-0.25, -0.2) is 0 Å². The van der Waals surface area contributed by atoms with E-state index in [0.717, 1.165) is 11.0 Å². The average molecular weight is 510 g/mol. The van der Waals surface area contributed by atoms with Crippen molar-refractivity contribution in [3.8, 4) is 0 Å². The van der Waals surface area contributed by atoms with Crippen molar-refractivity contribution < 1.29 is 4.58 Å². The SMILES string of the molecule is C[N+](C)=Cn1nnc2ccccc21.[Cl][Sb-]([Cl])([Cl])([Cl])([Cl])[Cl]. The summed E-state index contributed by atoms with van der Waals surface area (Å²) in [6.45, 7) is 0. The van der Waals surface area contributed by atoms with E-state index < -0.39 is 9.14 Å². The van der Waals surface area contributed by atoms with Crippen LogP contribution >= 0.6 is 53.0 Å². The third-order valence-electron chi connectivity index (χ3n) is 1.72. The van der Waals surface area contributed by atoms with Gasteiger partial charge in [0.25, 0.3) is 6.34 Å². The Morgan fingerprint density at radius 2 is 1.55 bits per heavy atom. The monoisotopic (exact) mass is 506 g/mol. The summed E-state index contributed by atoms with van der Waals surface area (Å²) in [5, 5.41) is 8.03. The Hall–Kier alpha value is 0.848. The summed E-state index contributed by atoms with van der Waals surface area (Å²) in [7, 11) is 28.9. The van der Waals surface area contributed by atoms with E-state index in [0.29, 0.717) is 0 Å². The number of aromatic nitrogens is 3. The van der Waals surface area contributed by atoms with Crippen LogP contribution in [0.2, 0.25) is 0 Å². The Morgan fingerprint density at radius 1 is 1.05 bits per heavy atom. The molecule has 4 nitrogen and oxygen atoms in total. The number of nitrogens with zero attached hydrogens (tertiary/aromatic N) is 4. The van der Waals surface area contributed by atoms with Crippen LogP contribution in [0.5, 0.6) is 0 Å². The third kappa shape index (κ3) is 9.72. The zero-order valence-electron chi connectivity index (χ0n) is 10.4. The summed E-state index contributed by atoms with van der Waals surface area (Å²) < 4.78 is 3.69. The van der Waals surface area contributed by atoms with Gasteiger partial charge in [-0.3, -0.25) is 4.58 Å². The molecule has 0 spiro atoms. The maximum atomic E-state index is 5.06. The standard InChI is InChI=1S/C9H11N4.6ClH.Sb/c1-12(2)7-13-9-6-4-3-5-8(9)10-11-13;;;;;;;/h3-7H,1-2H3;6*1H;/q+1;;;;;;;+5/p-6. The minimum absolute atomic E-state index is 0.917. The molecule has 0 unspecified atom stereocenters. The zero-order valence-corrected chi connectivity index (χ0v) is 17.5. The Labute approximate surface area is 136 Å². The molecule has 0 aliphatic heterocycles. The number of benzene rings is 1. The van der Waals surface area contributed by atoms with Crippen LogP contribution in [0, 0.1) is 0 Å². The Bertz CT molecular complexity index is 629. The van der Waals surface area contributed by atoms with Crippen molar-refractivity contribution in [2.75, 3.05) is 14.1 Å². The fourth-order valence-electron chi connectivity index (χ4n) is 1.19. The summed E-state index contributed by atoms with van der Waals surface area (Å²) in [4.78, 5) is 0. The summed E-state index contributed by atoms with van der Waals surface area (Å²) in [5.41, 5.74) is 1.94. The van der Waals surface area contributed by atoms with Gasteiger partial charge < -0.3 is 0 Å². The number of para-hydroxylation sites is 1. The van der Waals surface area contributed by atoms with Crippen molar-refractivity contribution in [3.05, 3.63) is 24.3 Å². The number of fused-ring (bicyclic) bond motifs is 1. The Balaban J connectivity index is 0.000000246. The van der Waals surface area contributed by atoms with Gasteiger partial charge in [-0.2, -0.15) is 0 Å². The van der Waals surface area contributed by atoms with E-state index in [1.165, 1.54) is 0 Å². The Morgan fingerprint density at radius 3 is 2.05 bits per heavy atom. The molecule has 2 rings (SSSR count). The molecule has 0 aliphatic rings. The van der Waals surface area contributed by atoms with Crippen molar-refractivity contribution in [1.29, 1.82) is 0 Å². The molecule has 0 fully saturated rings. The normalized spacial score (nSPS) is 14.8. The van der Waals surface area contributed by atoms with Gasteiger partial charge in [0.15, 0.2) is 5.52 Å². The molecular weight excluding hydrogens is 499 g/mol. The molecule has 1 aromatic carbocycles. The van der Waals surface area contributed by atoms with Gasteiger partial charge in [0, 0.05) is 5.21 Å². The third-order valence-corrected chi connectivity index (χ3v) is 1.72. The average Bonchev–Trinajstić information content (AvgIpc) is 2.56. The molecule has 0 radical (unpaired) electrons. The van der Waals surface area contributed by atoms with Gasteiger partial charge in [0.2, 0.25) is 0 Å². The number of hydrogen-bond acceptors (Lipinski definition) is 2. The first-order chi connectivity index (χ1) is 8.72. The van der Waals surface area contributed by atoms with E-state index in [2.05, 4.69) is 10.3 Å². The second kappa shape index (κ2) is 5.81. The molecule has 0 atom stereocenters. The van der Waals surface area contributed by atoms with E-state index in [1.54, 1.807) is 4.68 Å².